The van der Waals surface area contributed by atoms with Crippen molar-refractivity contribution in [1.29, 1.82) is 0 Å². The third kappa shape index (κ3) is 3.68. The summed E-state index contributed by atoms with van der Waals surface area (Å²) in [6.07, 6.45) is -4.37. The number of benzene rings is 1. The lowest BCUT2D eigenvalue weighted by molar-refractivity contribution is -0.138. The lowest BCUT2D eigenvalue weighted by Crippen LogP contribution is -2.22. The fourth-order valence-electron chi connectivity index (χ4n) is 1.02. The highest BCUT2D eigenvalue weighted by molar-refractivity contribution is 9.10. The smallest absolute Gasteiger partial charge is 0.406 e. The molecule has 0 unspecified atom stereocenters. The van der Waals surface area contributed by atoms with E-state index in [0.29, 0.717) is 11.0 Å². The number of hydroxylamine groups is 2. The van der Waals surface area contributed by atoms with Gasteiger partial charge in [0.15, 0.2) is 0 Å². The SMILES string of the molecule is CCN(C)Oc1cc(Br)cc(C(F)(F)F)c1. The van der Waals surface area contributed by atoms with Crippen LogP contribution in [0.15, 0.2) is 22.7 Å². The standard InChI is InChI=1S/C10H11BrF3NO/c1-3-15(2)16-9-5-7(10(12,13)14)4-8(11)6-9/h4-6H,3H2,1-2H3. The van der Waals surface area contributed by atoms with E-state index in [2.05, 4.69) is 15.9 Å². The Morgan fingerprint density at radius 1 is 1.31 bits per heavy atom. The lowest BCUT2D eigenvalue weighted by Gasteiger charge is -2.17. The summed E-state index contributed by atoms with van der Waals surface area (Å²) in [5.74, 6) is 0.158. The maximum absolute atomic E-state index is 12.5. The molecule has 16 heavy (non-hydrogen) atoms. The second-order valence-electron chi connectivity index (χ2n) is 3.21. The van der Waals surface area contributed by atoms with Gasteiger partial charge in [0.25, 0.3) is 0 Å². The molecular weight excluding hydrogens is 287 g/mol. The molecule has 0 saturated carbocycles. The van der Waals surface area contributed by atoms with E-state index >= 15 is 0 Å². The zero-order valence-electron chi connectivity index (χ0n) is 8.81. The van der Waals surface area contributed by atoms with E-state index in [1.807, 2.05) is 6.92 Å². The van der Waals surface area contributed by atoms with Gasteiger partial charge in [0.2, 0.25) is 0 Å². The number of hydrogen-bond acceptors (Lipinski definition) is 2. The largest absolute Gasteiger partial charge is 0.416 e. The van der Waals surface area contributed by atoms with Crippen LogP contribution in [0.3, 0.4) is 0 Å². The van der Waals surface area contributed by atoms with Crippen molar-refractivity contribution in [2.75, 3.05) is 13.6 Å². The number of alkyl halides is 3. The topological polar surface area (TPSA) is 12.5 Å². The van der Waals surface area contributed by atoms with E-state index in [4.69, 9.17) is 4.84 Å². The Morgan fingerprint density at radius 2 is 1.94 bits per heavy atom. The molecule has 0 heterocycles. The van der Waals surface area contributed by atoms with Gasteiger partial charge >= 0.3 is 6.18 Å². The van der Waals surface area contributed by atoms with E-state index in [1.54, 1.807) is 7.05 Å². The average molecular weight is 298 g/mol. The summed E-state index contributed by atoms with van der Waals surface area (Å²) in [7, 11) is 1.65. The molecule has 0 aliphatic rings. The van der Waals surface area contributed by atoms with E-state index in [1.165, 1.54) is 11.1 Å². The molecule has 1 rings (SSSR count). The number of nitrogens with zero attached hydrogens (tertiary/aromatic N) is 1. The van der Waals surface area contributed by atoms with E-state index in [9.17, 15) is 13.2 Å². The molecule has 0 atom stereocenters. The zero-order valence-corrected chi connectivity index (χ0v) is 10.4. The number of halogens is 4. The van der Waals surface area contributed by atoms with Crippen LogP contribution in [-0.2, 0) is 6.18 Å². The summed E-state index contributed by atoms with van der Waals surface area (Å²) >= 11 is 3.02. The highest BCUT2D eigenvalue weighted by atomic mass is 79.9. The molecule has 6 heteroatoms. The third-order valence-corrected chi connectivity index (χ3v) is 2.36. The highest BCUT2D eigenvalue weighted by Gasteiger charge is 2.31. The normalized spacial score (nSPS) is 11.9. The van der Waals surface area contributed by atoms with Gasteiger partial charge in [-0.1, -0.05) is 15.9 Å². The number of rotatable bonds is 3. The van der Waals surface area contributed by atoms with Gasteiger partial charge in [0.1, 0.15) is 5.75 Å². The molecule has 1 aromatic rings. The quantitative estimate of drug-likeness (QED) is 0.789. The monoisotopic (exact) mass is 297 g/mol. The van der Waals surface area contributed by atoms with Crippen molar-refractivity contribution in [3.05, 3.63) is 28.2 Å². The fraction of sp³-hybridized carbons (Fsp3) is 0.400. The molecule has 0 aliphatic carbocycles. The van der Waals surface area contributed by atoms with Crippen LogP contribution in [0.25, 0.3) is 0 Å². The van der Waals surface area contributed by atoms with Crippen LogP contribution in [0.1, 0.15) is 12.5 Å². The molecule has 0 spiro atoms. The van der Waals surface area contributed by atoms with Crippen molar-refractivity contribution >= 4 is 15.9 Å². The molecule has 2 nitrogen and oxygen atoms in total. The van der Waals surface area contributed by atoms with Crippen molar-refractivity contribution < 1.29 is 18.0 Å². The minimum atomic E-state index is -4.37. The third-order valence-electron chi connectivity index (χ3n) is 1.91. The maximum Gasteiger partial charge on any atom is 0.416 e. The summed E-state index contributed by atoms with van der Waals surface area (Å²) in [4.78, 5) is 5.18. The van der Waals surface area contributed by atoms with Gasteiger partial charge < -0.3 is 4.84 Å². The predicted molar refractivity (Wildman–Crippen MR) is 58.1 cm³/mol. The fourth-order valence-corrected chi connectivity index (χ4v) is 1.50. The zero-order chi connectivity index (χ0) is 12.3. The molecule has 0 N–H and O–H groups in total. The molecular formula is C10H11BrF3NO. The van der Waals surface area contributed by atoms with E-state index in [-0.39, 0.29) is 5.75 Å². The second kappa shape index (κ2) is 5.05. The van der Waals surface area contributed by atoms with Crippen LogP contribution in [0.4, 0.5) is 13.2 Å². The lowest BCUT2D eigenvalue weighted by atomic mass is 10.2. The van der Waals surface area contributed by atoms with Crippen molar-refractivity contribution in [2.24, 2.45) is 0 Å². The Morgan fingerprint density at radius 3 is 2.44 bits per heavy atom. The van der Waals surface area contributed by atoms with Crippen molar-refractivity contribution in [1.82, 2.24) is 5.06 Å². The first-order valence-electron chi connectivity index (χ1n) is 4.60. The van der Waals surface area contributed by atoms with Gasteiger partial charge in [-0.2, -0.15) is 13.2 Å². The molecule has 0 bridgehead atoms. The Kier molecular flexibility index (Phi) is 4.21. The molecule has 0 radical (unpaired) electrons. The van der Waals surface area contributed by atoms with Gasteiger partial charge in [-0.25, -0.2) is 0 Å². The van der Waals surface area contributed by atoms with E-state index in [0.717, 1.165) is 12.1 Å². The van der Waals surface area contributed by atoms with Crippen LogP contribution in [0, 0.1) is 0 Å². The van der Waals surface area contributed by atoms with Gasteiger partial charge in [-0.3, -0.25) is 0 Å². The first-order chi connectivity index (χ1) is 7.32. The molecule has 90 valence electrons. The Bertz CT molecular complexity index is 368. The Hall–Kier alpha value is -0.750. The van der Waals surface area contributed by atoms with E-state index < -0.39 is 11.7 Å². The van der Waals surface area contributed by atoms with Crippen LogP contribution >= 0.6 is 15.9 Å². The Labute approximate surface area is 100 Å². The summed E-state index contributed by atoms with van der Waals surface area (Å²) < 4.78 is 37.8. The summed E-state index contributed by atoms with van der Waals surface area (Å²) in [5, 5.41) is 1.45. The van der Waals surface area contributed by atoms with Crippen molar-refractivity contribution in [3.63, 3.8) is 0 Å². The van der Waals surface area contributed by atoms with Crippen LogP contribution in [0.2, 0.25) is 0 Å². The minimum Gasteiger partial charge on any atom is -0.406 e. The van der Waals surface area contributed by atoms with Crippen LogP contribution < -0.4 is 4.84 Å². The molecule has 0 aliphatic heterocycles. The molecule has 1 aromatic carbocycles. The first kappa shape index (κ1) is 13.3. The highest BCUT2D eigenvalue weighted by Crippen LogP contribution is 2.34. The first-order valence-corrected chi connectivity index (χ1v) is 5.39. The molecule has 0 aromatic heterocycles. The van der Waals surface area contributed by atoms with Gasteiger partial charge in [0.05, 0.1) is 5.56 Å². The summed E-state index contributed by atoms with van der Waals surface area (Å²) in [6.45, 7) is 2.41. The van der Waals surface area contributed by atoms with Crippen molar-refractivity contribution in [3.8, 4) is 5.75 Å². The maximum atomic E-state index is 12.5. The number of hydrogen-bond donors (Lipinski definition) is 0. The van der Waals surface area contributed by atoms with Gasteiger partial charge in [-0.05, 0) is 25.1 Å². The second-order valence-corrected chi connectivity index (χ2v) is 4.12. The van der Waals surface area contributed by atoms with Gasteiger partial charge in [-0.15, -0.1) is 5.06 Å². The van der Waals surface area contributed by atoms with Gasteiger partial charge in [0, 0.05) is 18.1 Å². The molecule has 0 fully saturated rings. The van der Waals surface area contributed by atoms with Crippen LogP contribution in [0.5, 0.6) is 5.75 Å². The average Bonchev–Trinajstić information content (AvgIpc) is 2.15. The van der Waals surface area contributed by atoms with Crippen LogP contribution in [-0.4, -0.2) is 18.7 Å². The minimum absolute atomic E-state index is 0.158. The molecule has 0 saturated heterocycles. The molecule has 0 amide bonds. The summed E-state index contributed by atoms with van der Waals surface area (Å²) in [6, 6.07) is 3.47. The van der Waals surface area contributed by atoms with Crippen molar-refractivity contribution in [2.45, 2.75) is 13.1 Å². The predicted octanol–water partition coefficient (Wildman–Crippen LogP) is 3.71. The Balaban J connectivity index is 2.99. The summed E-state index contributed by atoms with van der Waals surface area (Å²) in [5.41, 5.74) is -0.735.